The Morgan fingerprint density at radius 3 is 1.53 bits per heavy atom. The van der Waals surface area contributed by atoms with Gasteiger partial charge in [-0.1, -0.05) is 121 Å². The van der Waals surface area contributed by atoms with E-state index in [-0.39, 0.29) is 96.0 Å². The summed E-state index contributed by atoms with van der Waals surface area (Å²) in [7, 11) is 2.44. The van der Waals surface area contributed by atoms with Gasteiger partial charge < -0.3 is 89.1 Å². The van der Waals surface area contributed by atoms with Crippen LogP contribution in [0.1, 0.15) is 164 Å². The average molecular weight is 1710 g/mol. The molecule has 9 atom stereocenters. The monoisotopic (exact) mass is 1710 g/mol. The second-order valence-electron chi connectivity index (χ2n) is 34.3. The van der Waals surface area contributed by atoms with Gasteiger partial charge in [0.2, 0.25) is 41.4 Å². The van der Waals surface area contributed by atoms with Crippen molar-refractivity contribution in [1.29, 1.82) is 0 Å². The van der Waals surface area contributed by atoms with E-state index < -0.39 is 153 Å². The number of benzene rings is 7. The van der Waals surface area contributed by atoms with Gasteiger partial charge in [-0.25, -0.2) is 4.79 Å². The van der Waals surface area contributed by atoms with Crippen molar-refractivity contribution in [2.24, 2.45) is 5.92 Å². The Bertz CT molecular complexity index is 4890. The van der Waals surface area contributed by atoms with Crippen LogP contribution in [0, 0.1) is 5.92 Å². The van der Waals surface area contributed by atoms with Gasteiger partial charge in [-0.15, -0.1) is 0 Å². The summed E-state index contributed by atoms with van der Waals surface area (Å²) >= 11 is 14.9. The van der Waals surface area contributed by atoms with Crippen LogP contribution in [0.4, 0.5) is 4.79 Å². The summed E-state index contributed by atoms with van der Waals surface area (Å²) < 4.78 is 63.0. The highest BCUT2D eigenvalue weighted by Gasteiger charge is 2.49. The number of nitrogens with zero attached hydrogens (tertiary/aromatic N) is 1. The number of halogens is 2. The van der Waals surface area contributed by atoms with Gasteiger partial charge in [-0.3, -0.25) is 38.5 Å². The topological polar surface area (TPSA) is 337 Å². The average Bonchev–Trinajstić information content (AvgIpc) is 0.756. The molecule has 8 amide bonds. The Balaban J connectivity index is 1.25. The Morgan fingerprint density at radius 1 is 0.538 bits per heavy atom. The molecular formula is C88H110Cl2N8O19Si2. The maximum Gasteiger partial charge on any atom is 0.410 e. The third kappa shape index (κ3) is 21.3. The molecule has 0 saturated carbocycles. The Morgan fingerprint density at radius 2 is 1.03 bits per heavy atom. The number of ether oxygens (including phenoxy) is 8. The second kappa shape index (κ2) is 37.1. The van der Waals surface area contributed by atoms with E-state index >= 15 is 33.6 Å². The first kappa shape index (κ1) is 90.9. The van der Waals surface area contributed by atoms with Gasteiger partial charge in [-0.2, -0.15) is 0 Å². The quantitative estimate of drug-likeness (QED) is 0.0329. The van der Waals surface area contributed by atoms with Crippen LogP contribution in [0.15, 0.2) is 133 Å². The molecule has 638 valence electrons. The zero-order chi connectivity index (χ0) is 87.3. The van der Waals surface area contributed by atoms with E-state index in [4.69, 9.17) is 69.9 Å². The summed E-state index contributed by atoms with van der Waals surface area (Å²) in [6, 6.07) is 22.2. The molecule has 31 heteroatoms. The molecule has 7 aromatic carbocycles. The SMILES string of the molecule is COc1ccc(C(NC(=O)C[C@@H]2NC(=O)[C@H](NC(=O)[C@@H](CC(C)C)N(C)C(=O)OC(C)(C)C)[C@H](O[Si](C)(C)C(C)(C)C)c3ccc(c(Cl)c3)Oc3cc4cc(c3)[C@@H](NC2=O)C(=O)N[C@H]2C(=O)N[C@H](C(=O)N[C@H](CO)c3cc(OC)cc(OC)c3-c3cc2ccc3OC)[C@H](O[Si](C)(C)C(C)(C)C)c2ccc(c(Cl)c2)O4)c2ccc(OC)cc2)cc1. The number of hydrogen-bond acceptors (Lipinski definition) is 19. The number of nitrogens with one attached hydrogen (secondary N) is 7. The van der Waals surface area contributed by atoms with E-state index in [1.807, 2.05) is 81.6 Å². The summed E-state index contributed by atoms with van der Waals surface area (Å²) in [5.74, 6) is -5.59. The molecule has 0 unspecified atom stereocenters. The lowest BCUT2D eigenvalue weighted by Crippen LogP contribution is -2.61. The molecule has 7 aromatic rings. The van der Waals surface area contributed by atoms with Crippen molar-refractivity contribution in [1.82, 2.24) is 42.1 Å². The third-order valence-electron chi connectivity index (χ3n) is 22.2. The predicted octanol–water partition coefficient (Wildman–Crippen LogP) is 14.7. The summed E-state index contributed by atoms with van der Waals surface area (Å²) in [6.07, 6.45) is -4.58. The van der Waals surface area contributed by atoms with E-state index in [9.17, 15) is 9.90 Å². The van der Waals surface area contributed by atoms with Crippen molar-refractivity contribution in [3.8, 4) is 62.9 Å². The maximum absolute atomic E-state index is 16.8. The first-order chi connectivity index (χ1) is 55.9. The molecule has 5 aliphatic heterocycles. The number of methoxy groups -OCH3 is 5. The van der Waals surface area contributed by atoms with Crippen molar-refractivity contribution < 1.29 is 90.2 Å². The van der Waals surface area contributed by atoms with Gasteiger partial charge in [0.05, 0.1) is 82.9 Å². The lowest BCUT2D eigenvalue weighted by molar-refractivity contribution is -0.138. The lowest BCUT2D eigenvalue weighted by atomic mass is 9.89. The molecule has 0 aromatic heterocycles. The molecule has 119 heavy (non-hydrogen) atoms. The second-order valence-corrected chi connectivity index (χ2v) is 44.6. The first-order valence-corrected chi connectivity index (χ1v) is 45.8. The van der Waals surface area contributed by atoms with E-state index in [0.29, 0.717) is 28.2 Å². The van der Waals surface area contributed by atoms with E-state index in [1.54, 1.807) is 112 Å². The minimum Gasteiger partial charge on any atom is -0.497 e. The van der Waals surface area contributed by atoms with Crippen molar-refractivity contribution in [2.75, 3.05) is 49.2 Å². The fourth-order valence-electron chi connectivity index (χ4n) is 13.7. The number of carbonyl (C=O) groups excluding carboxylic acids is 8. The number of amides is 8. The number of aliphatic hydroxyl groups excluding tert-OH is 1. The minimum absolute atomic E-state index is 0.00876. The van der Waals surface area contributed by atoms with Gasteiger partial charge >= 0.3 is 6.09 Å². The highest BCUT2D eigenvalue weighted by atomic mass is 35.5. The van der Waals surface area contributed by atoms with Gasteiger partial charge in [0.1, 0.15) is 93.6 Å². The minimum atomic E-state index is -3.18. The lowest BCUT2D eigenvalue weighted by Gasteiger charge is -2.42. The van der Waals surface area contributed by atoms with Crippen LogP contribution in [-0.4, -0.2) is 153 Å². The first-order valence-electron chi connectivity index (χ1n) is 39.2. The molecule has 5 aliphatic rings. The molecular weight excluding hydrogens is 1600 g/mol. The summed E-state index contributed by atoms with van der Waals surface area (Å²) in [6.45, 7) is 27.8. The summed E-state index contributed by atoms with van der Waals surface area (Å²) in [5, 5.41) is 31.1. The Labute approximate surface area is 707 Å². The largest absolute Gasteiger partial charge is 0.497 e. The summed E-state index contributed by atoms with van der Waals surface area (Å²) in [5.41, 5.74) is 1.41. The van der Waals surface area contributed by atoms with Crippen LogP contribution < -0.4 is 70.4 Å². The van der Waals surface area contributed by atoms with Gasteiger partial charge in [0.15, 0.2) is 16.6 Å². The van der Waals surface area contributed by atoms with Crippen molar-refractivity contribution in [3.63, 3.8) is 0 Å². The summed E-state index contributed by atoms with van der Waals surface area (Å²) in [4.78, 5) is 129. The smallest absolute Gasteiger partial charge is 0.410 e. The van der Waals surface area contributed by atoms with Crippen molar-refractivity contribution >= 4 is 87.3 Å². The molecule has 0 aliphatic carbocycles. The fraction of sp³-hybridized carbons (Fsp3) is 0.432. The van der Waals surface area contributed by atoms with Crippen molar-refractivity contribution in [2.45, 2.75) is 191 Å². The van der Waals surface area contributed by atoms with E-state index in [2.05, 4.69) is 37.2 Å². The van der Waals surface area contributed by atoms with Gasteiger partial charge in [-0.05, 0) is 187 Å². The maximum atomic E-state index is 16.8. The van der Waals surface area contributed by atoms with Gasteiger partial charge in [0.25, 0.3) is 0 Å². The van der Waals surface area contributed by atoms with Crippen molar-refractivity contribution in [3.05, 3.63) is 182 Å². The number of rotatable bonds is 20. The predicted molar refractivity (Wildman–Crippen MR) is 456 cm³/mol. The van der Waals surface area contributed by atoms with Crippen LogP contribution in [0.25, 0.3) is 11.1 Å². The number of likely N-dealkylation sites (N-methyl/N-ethyl adjacent to an activating group) is 1. The normalized spacial score (nSPS) is 19.5. The zero-order valence-corrected chi connectivity index (χ0v) is 74.7. The fourth-order valence-corrected chi connectivity index (χ4v) is 16.6. The molecule has 0 radical (unpaired) electrons. The number of fused-ring (bicyclic) bond motifs is 15. The molecule has 0 spiro atoms. The van der Waals surface area contributed by atoms with Crippen LogP contribution in [-0.2, 0) is 47.2 Å². The number of hydrogen-bond donors (Lipinski definition) is 8. The Kier molecular flexibility index (Phi) is 28.3. The highest BCUT2D eigenvalue weighted by Crippen LogP contribution is 2.49. The molecule has 5 heterocycles. The standard InChI is InChI=1S/C88H110Cl2N8O19Si2/c1-47(2)36-65(98(12)85(107)115-86(3,4)5)80(102)96-75-77(116-118(18,19)87(6,7)8)51-27-34-67(61(89)40-51)113-57-37-53-38-58(42-57)114-68-35-28-52(41-62(68)90)78(117-119(20,21)88(9,10)11)76-84(106)92-64(46-99)59-43-56(110-15)44-69(112-17)71(59)60-39-50(26-33-66(60)111-16)73(81(103)97-76)95-82(104)74(53)94-79(101)63(91-83(75)105)45-70(100)93-72(48-22-29-54(108-13)30-23-48)49-24-31-55(109-14)32-25-49/h22-35,37-44,47,63-65,72-78,99H,36,45-46H2,1-21H3,(H,91,105)(H,92,106)(H,93,100)(H,94,101)(H,95,104)(H,96,102)(H,97,103)/t63-,64+,65+,73+,74+,75+,76-,77+,78+/m0/s1. The van der Waals surface area contributed by atoms with Crippen LogP contribution in [0.5, 0.6) is 51.7 Å². The number of aliphatic hydroxyl groups is 1. The van der Waals surface area contributed by atoms with E-state index in [1.165, 1.54) is 85.1 Å². The van der Waals surface area contributed by atoms with E-state index in [0.717, 1.165) is 4.90 Å². The highest BCUT2D eigenvalue weighted by molar-refractivity contribution is 6.74. The third-order valence-corrected chi connectivity index (χ3v) is 31.7. The molecule has 12 rings (SSSR count). The van der Waals surface area contributed by atoms with Crippen LogP contribution >= 0.6 is 23.2 Å². The van der Waals surface area contributed by atoms with Crippen LogP contribution in [0.2, 0.25) is 46.3 Å². The molecule has 0 saturated heterocycles. The molecule has 11 bridgehead atoms. The molecule has 27 nitrogen and oxygen atoms in total. The number of carbonyl (C=O) groups is 8. The Hall–Kier alpha value is -10.4. The molecule has 8 N–H and O–H groups in total. The zero-order valence-electron chi connectivity index (χ0n) is 71.2. The van der Waals surface area contributed by atoms with Gasteiger partial charge in [0, 0.05) is 30.3 Å². The van der Waals surface area contributed by atoms with Crippen LogP contribution in [0.3, 0.4) is 0 Å². The molecule has 0 fully saturated rings.